The van der Waals surface area contributed by atoms with Crippen LogP contribution in [0.3, 0.4) is 0 Å². The molecule has 12 nitrogen and oxygen atoms in total. The number of nitrogens with zero attached hydrogens (tertiary/aromatic N) is 1. The molecule has 272 valence electrons. The molecule has 2 unspecified atom stereocenters. The van der Waals surface area contributed by atoms with Crippen molar-refractivity contribution < 1.29 is 33.5 Å². The van der Waals surface area contributed by atoms with E-state index in [4.69, 9.17) is 17.6 Å². The summed E-state index contributed by atoms with van der Waals surface area (Å²) in [5, 5.41) is 10.4. The summed E-state index contributed by atoms with van der Waals surface area (Å²) in [4.78, 5) is 81.7. The van der Waals surface area contributed by atoms with Gasteiger partial charge in [0.25, 0.3) is 5.91 Å². The fourth-order valence-electron chi connectivity index (χ4n) is 5.32. The molecular weight excluding hydrogens is 626 g/mol. The number of carbonyl (C=O) groups excluding carboxylic acids is 6. The molecule has 0 aliphatic carbocycles. The van der Waals surface area contributed by atoms with Crippen LogP contribution in [-0.4, -0.2) is 83.3 Å². The quantitative estimate of drug-likeness (QED) is 0.100. The Morgan fingerprint density at radius 3 is 1.90 bits per heavy atom. The predicted octanol–water partition coefficient (Wildman–Crippen LogP) is 3.10. The Kier molecular flexibility index (Phi) is 15.1. The molecule has 0 aromatic carbocycles. The lowest BCUT2D eigenvalue weighted by atomic mass is 9.85. The highest BCUT2D eigenvalue weighted by Gasteiger charge is 2.47. The summed E-state index contributed by atoms with van der Waals surface area (Å²) in [6.07, 6.45) is 10.9. The highest BCUT2D eigenvalue weighted by Crippen LogP contribution is 2.34. The van der Waals surface area contributed by atoms with Crippen LogP contribution in [0.15, 0.2) is 12.2 Å². The maximum absolute atomic E-state index is 14.4. The third-order valence-electron chi connectivity index (χ3n) is 8.11. The van der Waals surface area contributed by atoms with E-state index in [0.717, 1.165) is 5.57 Å². The van der Waals surface area contributed by atoms with E-state index in [-0.39, 0.29) is 44.2 Å². The topological polar surface area (TPSA) is 163 Å². The first kappa shape index (κ1) is 42.7. The second-order valence-corrected chi connectivity index (χ2v) is 16.0. The Morgan fingerprint density at radius 1 is 0.878 bits per heavy atom. The lowest BCUT2D eigenvalue weighted by molar-refractivity contribution is -0.160. The molecule has 0 spiro atoms. The Bertz CT molecular complexity index is 1350. The minimum absolute atomic E-state index is 0.00766. The van der Waals surface area contributed by atoms with Crippen molar-refractivity contribution in [1.29, 1.82) is 0 Å². The Morgan fingerprint density at radius 2 is 1.43 bits per heavy atom. The van der Waals surface area contributed by atoms with Gasteiger partial charge in [-0.1, -0.05) is 73.5 Å². The molecule has 12 heteroatoms. The van der Waals surface area contributed by atoms with Gasteiger partial charge in [0.05, 0.1) is 12.6 Å². The van der Waals surface area contributed by atoms with Crippen LogP contribution >= 0.6 is 0 Å². The van der Waals surface area contributed by atoms with Crippen LogP contribution in [0.2, 0.25) is 0 Å². The average Bonchev–Trinajstić information content (AvgIpc) is 3.41. The van der Waals surface area contributed by atoms with Crippen LogP contribution in [0.1, 0.15) is 95.4 Å². The van der Waals surface area contributed by atoms with Crippen molar-refractivity contribution in [2.45, 2.75) is 125 Å². The minimum atomic E-state index is -1.25. The number of terminal acetylenes is 2. The van der Waals surface area contributed by atoms with Crippen molar-refractivity contribution in [2.24, 2.45) is 22.7 Å². The smallest absolute Gasteiger partial charge is 0.329 e. The second kappa shape index (κ2) is 17.4. The van der Waals surface area contributed by atoms with Crippen LogP contribution in [0.4, 0.5) is 4.79 Å². The summed E-state index contributed by atoms with van der Waals surface area (Å²) in [6, 6.07) is -5.25. The van der Waals surface area contributed by atoms with Gasteiger partial charge in [-0.3, -0.25) is 19.2 Å². The maximum atomic E-state index is 14.4. The van der Waals surface area contributed by atoms with Crippen molar-refractivity contribution in [3.8, 4) is 24.7 Å². The van der Waals surface area contributed by atoms with Crippen LogP contribution in [0.25, 0.3) is 0 Å². The van der Waals surface area contributed by atoms with E-state index in [1.807, 2.05) is 13.8 Å². The summed E-state index contributed by atoms with van der Waals surface area (Å²) in [5.41, 5.74) is -1.52. The summed E-state index contributed by atoms with van der Waals surface area (Å²) in [6.45, 7) is 23.9. The van der Waals surface area contributed by atoms with Crippen molar-refractivity contribution in [3.63, 3.8) is 0 Å². The van der Waals surface area contributed by atoms with E-state index in [2.05, 4.69) is 39.7 Å². The van der Waals surface area contributed by atoms with Gasteiger partial charge in [-0.2, -0.15) is 0 Å². The van der Waals surface area contributed by atoms with Crippen molar-refractivity contribution in [3.05, 3.63) is 12.2 Å². The number of ketones is 1. The predicted molar refractivity (Wildman–Crippen MR) is 188 cm³/mol. The lowest BCUT2D eigenvalue weighted by Gasteiger charge is -2.37. The molecule has 1 aliphatic heterocycles. The van der Waals surface area contributed by atoms with Crippen molar-refractivity contribution in [2.75, 3.05) is 13.1 Å². The number of esters is 1. The number of hydrogen-bond acceptors (Lipinski definition) is 7. The third kappa shape index (κ3) is 12.9. The summed E-state index contributed by atoms with van der Waals surface area (Å²) in [7, 11) is 0. The molecule has 0 saturated carbocycles. The maximum Gasteiger partial charge on any atom is 0.329 e. The zero-order valence-corrected chi connectivity index (χ0v) is 31.2. The number of nitrogens with one attached hydrogen (secondary N) is 4. The van der Waals surface area contributed by atoms with Crippen molar-refractivity contribution >= 4 is 35.5 Å². The van der Waals surface area contributed by atoms with Gasteiger partial charge in [0, 0.05) is 13.0 Å². The van der Waals surface area contributed by atoms with Gasteiger partial charge in [-0.25, -0.2) is 9.59 Å². The fourth-order valence-corrected chi connectivity index (χ4v) is 5.32. The molecule has 1 fully saturated rings. The van der Waals surface area contributed by atoms with Gasteiger partial charge in [0.2, 0.25) is 17.6 Å². The van der Waals surface area contributed by atoms with Crippen LogP contribution in [0, 0.1) is 47.4 Å². The number of ether oxygens (including phenoxy) is 1. The minimum Gasteiger partial charge on any atom is -0.458 e. The number of carbonyl (C=O) groups is 6. The van der Waals surface area contributed by atoms with Crippen molar-refractivity contribution in [1.82, 2.24) is 26.2 Å². The number of hydrogen-bond donors (Lipinski definition) is 4. The molecule has 0 aromatic rings. The third-order valence-corrected chi connectivity index (χ3v) is 8.11. The van der Waals surface area contributed by atoms with Crippen LogP contribution < -0.4 is 21.3 Å². The molecule has 5 amide bonds. The molecule has 0 bridgehead atoms. The van der Waals surface area contributed by atoms with Gasteiger partial charge < -0.3 is 30.9 Å². The van der Waals surface area contributed by atoms with E-state index in [1.54, 1.807) is 62.3 Å². The number of likely N-dealkylation sites (tertiary alicyclic amines) is 1. The molecular formula is C37H57N5O7. The Hall–Kier alpha value is -4.32. The number of amides is 5. The molecule has 0 aromatic heterocycles. The number of urea groups is 1. The molecule has 1 heterocycles. The summed E-state index contributed by atoms with van der Waals surface area (Å²) >= 11 is 0. The Labute approximate surface area is 292 Å². The van der Waals surface area contributed by atoms with Crippen LogP contribution in [0.5, 0.6) is 0 Å². The zero-order valence-electron chi connectivity index (χ0n) is 31.2. The second-order valence-electron chi connectivity index (χ2n) is 16.0. The van der Waals surface area contributed by atoms with E-state index in [1.165, 1.54) is 4.90 Å². The lowest BCUT2D eigenvalue weighted by Crippen LogP contribution is -2.62. The molecule has 0 radical (unpaired) electrons. The van der Waals surface area contributed by atoms with Gasteiger partial charge in [0.15, 0.2) is 0 Å². The average molecular weight is 684 g/mol. The van der Waals surface area contributed by atoms with E-state index in [0.29, 0.717) is 0 Å². The molecule has 1 saturated heterocycles. The zero-order chi connectivity index (χ0) is 38.1. The normalized spacial score (nSPS) is 18.2. The highest BCUT2D eigenvalue weighted by molar-refractivity contribution is 6.38. The Balaban J connectivity index is 3.47. The van der Waals surface area contributed by atoms with Crippen LogP contribution in [-0.2, 0) is 28.7 Å². The van der Waals surface area contributed by atoms with Gasteiger partial charge in [-0.15, -0.1) is 18.8 Å². The SMILES string of the molecule is C#CCCC(NC(=O)[C@@H]1C[C@@H](C(=C)C(C)C)CN1C(=O)[C@@H](NC(=O)NC(C(=O)OC(C)(C)C)C(C)(C)C)C(C)(C)C)C(=O)C(=O)NCC#C. The number of rotatable bonds is 13. The first-order valence-corrected chi connectivity index (χ1v) is 16.6. The molecule has 1 aliphatic rings. The molecule has 5 atom stereocenters. The molecule has 49 heavy (non-hydrogen) atoms. The highest BCUT2D eigenvalue weighted by atomic mass is 16.6. The fraction of sp³-hybridized carbons (Fsp3) is 0.676. The molecule has 4 N–H and O–H groups in total. The summed E-state index contributed by atoms with van der Waals surface area (Å²) in [5.74, 6) is 0.734. The number of Topliss-reactive ketones (excluding diaryl/α,β-unsaturated/α-hetero) is 1. The van der Waals surface area contributed by atoms with E-state index >= 15 is 0 Å². The van der Waals surface area contributed by atoms with Gasteiger partial charge in [-0.05, 0) is 56.3 Å². The van der Waals surface area contributed by atoms with Gasteiger partial charge in [0.1, 0.15) is 23.7 Å². The monoisotopic (exact) mass is 683 g/mol. The van der Waals surface area contributed by atoms with E-state index < -0.39 is 76.1 Å². The molecule has 1 rings (SSSR count). The van der Waals surface area contributed by atoms with E-state index in [9.17, 15) is 28.8 Å². The standard InChI is InChI=1S/C37H57N5O7/c1-15-17-18-25(27(43)31(45)38-19-16-2)39-30(44)26-20-24(23(5)22(3)4)21-42(26)32(46)28(35(6,7)8)40-34(48)41-29(36(9,10)11)33(47)49-37(12,13)14/h1-2,22,24-26,28-29H,5,17-21H2,3-4,6-14H3,(H,38,45)(H,39,44)(H2,40,41,48)/t24-,25?,26+,28-,29?/m1/s1. The first-order chi connectivity index (χ1) is 22.3. The largest absolute Gasteiger partial charge is 0.458 e. The van der Waals surface area contributed by atoms with Gasteiger partial charge >= 0.3 is 12.0 Å². The summed E-state index contributed by atoms with van der Waals surface area (Å²) < 4.78 is 5.55. The first-order valence-electron chi connectivity index (χ1n) is 16.6.